The maximum atomic E-state index is 5.52. The average Bonchev–Trinajstić information content (AvgIpc) is 2.89. The Balaban J connectivity index is 0.000000640. The van der Waals surface area contributed by atoms with Gasteiger partial charge in [-0.25, -0.2) is 0 Å². The highest BCUT2D eigenvalue weighted by molar-refractivity contribution is 8.93. The molecule has 0 saturated carbocycles. The van der Waals surface area contributed by atoms with Crippen LogP contribution in [0.15, 0.2) is 36.4 Å². The first kappa shape index (κ1) is 8.45. The molecule has 2 heteroatoms. The standard InChI is InChI=1S/C12H8O.BrH/c1-2-4-8-7(3-1)9-5-6-10-12(13-10)11(8)9;/h1-6,10,12H;1H. The van der Waals surface area contributed by atoms with E-state index in [1.54, 1.807) is 0 Å². The highest BCUT2D eigenvalue weighted by atomic mass is 79.9. The van der Waals surface area contributed by atoms with Crippen LogP contribution < -0.4 is 0 Å². The third-order valence-electron chi connectivity index (χ3n) is 3.06. The number of epoxide rings is 1. The molecule has 4 rings (SSSR count). The molecule has 0 radical (unpaired) electrons. The molecule has 0 N–H and O–H groups in total. The van der Waals surface area contributed by atoms with Gasteiger partial charge in [-0.05, 0) is 22.3 Å². The summed E-state index contributed by atoms with van der Waals surface area (Å²) >= 11 is 0. The molecule has 1 heterocycles. The molecule has 1 aromatic rings. The molecule has 70 valence electrons. The van der Waals surface area contributed by atoms with E-state index in [4.69, 9.17) is 4.74 Å². The number of allylic oxidation sites excluding steroid dienone is 2. The van der Waals surface area contributed by atoms with E-state index in [2.05, 4.69) is 36.4 Å². The van der Waals surface area contributed by atoms with Crippen molar-refractivity contribution in [1.29, 1.82) is 0 Å². The number of ether oxygens (including phenoxy) is 1. The molecule has 0 amide bonds. The summed E-state index contributed by atoms with van der Waals surface area (Å²) in [5.74, 6) is 0. The van der Waals surface area contributed by atoms with E-state index >= 15 is 0 Å². The number of halogens is 1. The minimum atomic E-state index is 0. The van der Waals surface area contributed by atoms with Gasteiger partial charge in [-0.2, -0.15) is 0 Å². The van der Waals surface area contributed by atoms with Gasteiger partial charge in [0.25, 0.3) is 0 Å². The van der Waals surface area contributed by atoms with Gasteiger partial charge in [-0.15, -0.1) is 17.0 Å². The Morgan fingerprint density at radius 2 is 1.86 bits per heavy atom. The van der Waals surface area contributed by atoms with E-state index in [0.717, 1.165) is 0 Å². The van der Waals surface area contributed by atoms with Crippen molar-refractivity contribution in [3.63, 3.8) is 0 Å². The van der Waals surface area contributed by atoms with Gasteiger partial charge >= 0.3 is 0 Å². The van der Waals surface area contributed by atoms with Gasteiger partial charge in [0, 0.05) is 0 Å². The van der Waals surface area contributed by atoms with E-state index < -0.39 is 0 Å². The maximum Gasteiger partial charge on any atom is 0.114 e. The third kappa shape index (κ3) is 0.830. The zero-order valence-corrected chi connectivity index (χ0v) is 9.15. The highest BCUT2D eigenvalue weighted by Crippen LogP contribution is 2.52. The van der Waals surface area contributed by atoms with Gasteiger partial charge in [-0.3, -0.25) is 0 Å². The summed E-state index contributed by atoms with van der Waals surface area (Å²) in [5.41, 5.74) is 5.62. The molecule has 14 heavy (non-hydrogen) atoms. The summed E-state index contributed by atoms with van der Waals surface area (Å²) in [6.45, 7) is 0. The summed E-state index contributed by atoms with van der Waals surface area (Å²) in [6, 6.07) is 8.56. The van der Waals surface area contributed by atoms with Crippen LogP contribution in [0.3, 0.4) is 0 Å². The van der Waals surface area contributed by atoms with Gasteiger partial charge in [0.05, 0.1) is 0 Å². The predicted octanol–water partition coefficient (Wildman–Crippen LogP) is 2.83. The molecule has 2 atom stereocenters. The monoisotopic (exact) mass is 248 g/mol. The fraction of sp³-hybridized carbons (Fsp3) is 0.167. The van der Waals surface area contributed by atoms with E-state index in [1.165, 1.54) is 22.3 Å². The lowest BCUT2D eigenvalue weighted by Gasteiger charge is -2.26. The van der Waals surface area contributed by atoms with E-state index in [1.807, 2.05) is 0 Å². The van der Waals surface area contributed by atoms with Gasteiger partial charge < -0.3 is 4.74 Å². The zero-order valence-electron chi connectivity index (χ0n) is 7.44. The molecule has 1 aromatic carbocycles. The largest absolute Gasteiger partial charge is 0.360 e. The molecule has 1 nitrogen and oxygen atoms in total. The zero-order chi connectivity index (χ0) is 8.41. The summed E-state index contributed by atoms with van der Waals surface area (Å²) in [6.07, 6.45) is 5.13. The number of rotatable bonds is 0. The molecule has 3 aliphatic rings. The number of hydrogen-bond acceptors (Lipinski definition) is 1. The average molecular weight is 249 g/mol. The molecule has 0 aromatic heterocycles. The maximum absolute atomic E-state index is 5.52. The van der Waals surface area contributed by atoms with Crippen LogP contribution >= 0.6 is 17.0 Å². The summed E-state index contributed by atoms with van der Waals surface area (Å²) in [4.78, 5) is 0. The first-order chi connectivity index (χ1) is 6.45. The number of hydrogen-bond donors (Lipinski definition) is 0. The van der Waals surface area contributed by atoms with Crippen molar-refractivity contribution in [2.24, 2.45) is 0 Å². The Morgan fingerprint density at radius 3 is 2.71 bits per heavy atom. The van der Waals surface area contributed by atoms with E-state index in [-0.39, 0.29) is 17.0 Å². The Bertz CT molecular complexity index is 473. The van der Waals surface area contributed by atoms with Gasteiger partial charge in [0.15, 0.2) is 0 Å². The molecule has 2 unspecified atom stereocenters. The second kappa shape index (κ2) is 2.59. The van der Waals surface area contributed by atoms with Crippen molar-refractivity contribution in [3.8, 4) is 0 Å². The second-order valence-electron chi connectivity index (χ2n) is 3.75. The Labute approximate surface area is 92.9 Å². The molecule has 1 saturated heterocycles. The SMILES string of the molecule is Br.C1=CC2OC2C2=C1c1ccccc12. The summed E-state index contributed by atoms with van der Waals surface area (Å²) in [5, 5.41) is 0. The normalized spacial score (nSPS) is 29.4. The molecule has 1 aliphatic heterocycles. The Hall–Kier alpha value is -0.860. The Kier molecular flexibility index (Phi) is 1.56. The third-order valence-corrected chi connectivity index (χ3v) is 3.06. The second-order valence-corrected chi connectivity index (χ2v) is 3.75. The number of benzene rings is 1. The van der Waals surface area contributed by atoms with Crippen molar-refractivity contribution in [2.75, 3.05) is 0 Å². The van der Waals surface area contributed by atoms with Crippen molar-refractivity contribution < 1.29 is 4.74 Å². The van der Waals surface area contributed by atoms with Crippen LogP contribution in [0.4, 0.5) is 0 Å². The number of fused-ring (bicyclic) bond motifs is 5. The van der Waals surface area contributed by atoms with Crippen LogP contribution in [-0.2, 0) is 4.74 Å². The molecule has 1 fully saturated rings. The highest BCUT2D eigenvalue weighted by Gasteiger charge is 2.47. The molecular formula is C12H9BrO. The minimum absolute atomic E-state index is 0. The molecule has 0 bridgehead atoms. The van der Waals surface area contributed by atoms with Crippen LogP contribution in [0.2, 0.25) is 0 Å². The predicted molar refractivity (Wildman–Crippen MR) is 61.4 cm³/mol. The van der Waals surface area contributed by atoms with Crippen molar-refractivity contribution in [1.82, 2.24) is 0 Å². The van der Waals surface area contributed by atoms with Crippen molar-refractivity contribution in [2.45, 2.75) is 12.2 Å². The van der Waals surface area contributed by atoms with E-state index in [9.17, 15) is 0 Å². The quantitative estimate of drug-likeness (QED) is 0.644. The minimum Gasteiger partial charge on any atom is -0.360 e. The first-order valence-corrected chi connectivity index (χ1v) is 4.63. The lowest BCUT2D eigenvalue weighted by Crippen LogP contribution is -2.13. The lowest BCUT2D eigenvalue weighted by atomic mass is 9.76. The fourth-order valence-corrected chi connectivity index (χ4v) is 2.36. The molecule has 2 aliphatic carbocycles. The first-order valence-electron chi connectivity index (χ1n) is 4.63. The molecular weight excluding hydrogens is 240 g/mol. The van der Waals surface area contributed by atoms with Crippen LogP contribution in [0.5, 0.6) is 0 Å². The lowest BCUT2D eigenvalue weighted by molar-refractivity contribution is 0.418. The van der Waals surface area contributed by atoms with Crippen molar-refractivity contribution in [3.05, 3.63) is 47.5 Å². The fourth-order valence-electron chi connectivity index (χ4n) is 2.36. The summed E-state index contributed by atoms with van der Waals surface area (Å²) < 4.78 is 5.52. The topological polar surface area (TPSA) is 12.5 Å². The van der Waals surface area contributed by atoms with Crippen molar-refractivity contribution >= 4 is 28.1 Å². The summed E-state index contributed by atoms with van der Waals surface area (Å²) in [7, 11) is 0. The Morgan fingerprint density at radius 1 is 1.07 bits per heavy atom. The molecule has 0 spiro atoms. The van der Waals surface area contributed by atoms with E-state index in [0.29, 0.717) is 12.2 Å². The van der Waals surface area contributed by atoms with Crippen LogP contribution in [0, 0.1) is 0 Å². The smallest absolute Gasteiger partial charge is 0.114 e. The van der Waals surface area contributed by atoms with Gasteiger partial charge in [0.2, 0.25) is 0 Å². The van der Waals surface area contributed by atoms with Crippen LogP contribution in [0.1, 0.15) is 11.1 Å². The van der Waals surface area contributed by atoms with Gasteiger partial charge in [0.1, 0.15) is 12.2 Å². The van der Waals surface area contributed by atoms with Gasteiger partial charge in [-0.1, -0.05) is 36.4 Å². The van der Waals surface area contributed by atoms with Crippen LogP contribution in [-0.4, -0.2) is 12.2 Å². The van der Waals surface area contributed by atoms with Crippen LogP contribution in [0.25, 0.3) is 11.1 Å².